The molecule has 3 nitrogen and oxygen atoms in total. The van der Waals surface area contributed by atoms with Crippen molar-refractivity contribution < 1.29 is 4.79 Å². The summed E-state index contributed by atoms with van der Waals surface area (Å²) >= 11 is 8.14. The molecule has 1 unspecified atom stereocenters. The van der Waals surface area contributed by atoms with Crippen molar-refractivity contribution >= 4 is 52.5 Å². The molecule has 106 valence electrons. The van der Waals surface area contributed by atoms with Crippen LogP contribution in [0.4, 0.5) is 0 Å². The molecule has 1 aliphatic heterocycles. The molecule has 1 aliphatic rings. The predicted octanol–water partition coefficient (Wildman–Crippen LogP) is 3.32. The van der Waals surface area contributed by atoms with Gasteiger partial charge >= 0.3 is 0 Å². The van der Waals surface area contributed by atoms with Crippen molar-refractivity contribution in [3.05, 3.63) is 32.4 Å². The highest BCUT2D eigenvalue weighted by Gasteiger charge is 2.27. The van der Waals surface area contributed by atoms with Gasteiger partial charge in [-0.05, 0) is 60.1 Å². The Balaban J connectivity index is 0.00000180. The Hall–Kier alpha value is -0.0400. The summed E-state index contributed by atoms with van der Waals surface area (Å²) in [5.41, 5.74) is 6.44. The number of carbonyl (C=O) groups is 1. The van der Waals surface area contributed by atoms with E-state index in [2.05, 4.69) is 22.6 Å². The van der Waals surface area contributed by atoms with Crippen LogP contribution in [0.3, 0.4) is 0 Å². The first-order valence-electron chi connectivity index (χ1n) is 6.09. The van der Waals surface area contributed by atoms with Gasteiger partial charge in [0.25, 0.3) is 5.91 Å². The summed E-state index contributed by atoms with van der Waals surface area (Å²) in [7, 11) is 0. The summed E-state index contributed by atoms with van der Waals surface area (Å²) in [4.78, 5) is 14.4. The van der Waals surface area contributed by atoms with Crippen molar-refractivity contribution in [3.8, 4) is 0 Å². The van der Waals surface area contributed by atoms with Gasteiger partial charge in [-0.3, -0.25) is 4.79 Å². The summed E-state index contributed by atoms with van der Waals surface area (Å²) in [6.07, 6.45) is 3.21. The van der Waals surface area contributed by atoms with E-state index in [1.54, 1.807) is 12.1 Å². The second-order valence-corrected chi connectivity index (χ2v) is 6.11. The lowest BCUT2D eigenvalue weighted by Crippen LogP contribution is -2.47. The van der Waals surface area contributed by atoms with Crippen LogP contribution in [-0.4, -0.2) is 29.9 Å². The summed E-state index contributed by atoms with van der Waals surface area (Å²) in [5, 5.41) is 0.597. The first kappa shape index (κ1) is 17.0. The summed E-state index contributed by atoms with van der Waals surface area (Å²) in [5.74, 6) is 0.0528. The van der Waals surface area contributed by atoms with Crippen molar-refractivity contribution in [2.75, 3.05) is 13.1 Å². The Labute approximate surface area is 138 Å². The zero-order valence-corrected chi connectivity index (χ0v) is 14.2. The molecule has 0 aliphatic carbocycles. The first-order chi connectivity index (χ1) is 8.63. The number of piperidine rings is 1. The summed E-state index contributed by atoms with van der Waals surface area (Å²) in [6.45, 7) is 1.33. The molecule has 0 saturated carbocycles. The van der Waals surface area contributed by atoms with Crippen LogP contribution >= 0.6 is 46.6 Å². The number of rotatable bonds is 2. The first-order valence-corrected chi connectivity index (χ1v) is 7.55. The SMILES string of the molecule is Cl.NCC1CCCCN1C(=O)c1cc(Cl)ccc1I. The molecule has 1 amide bonds. The fourth-order valence-electron chi connectivity index (χ4n) is 2.33. The van der Waals surface area contributed by atoms with E-state index in [1.807, 2.05) is 11.0 Å². The molecule has 1 heterocycles. The molecular weight excluding hydrogens is 398 g/mol. The number of hydrogen-bond donors (Lipinski definition) is 1. The van der Waals surface area contributed by atoms with E-state index in [-0.39, 0.29) is 24.4 Å². The number of hydrogen-bond acceptors (Lipinski definition) is 2. The van der Waals surface area contributed by atoms with E-state index in [1.165, 1.54) is 0 Å². The van der Waals surface area contributed by atoms with E-state index in [0.29, 0.717) is 17.1 Å². The number of nitrogens with zero attached hydrogens (tertiary/aromatic N) is 1. The van der Waals surface area contributed by atoms with Crippen LogP contribution in [0.25, 0.3) is 0 Å². The Morgan fingerprint density at radius 1 is 1.47 bits per heavy atom. The molecule has 0 bridgehead atoms. The van der Waals surface area contributed by atoms with Crippen LogP contribution in [0.2, 0.25) is 5.02 Å². The molecule has 1 atom stereocenters. The monoisotopic (exact) mass is 414 g/mol. The van der Waals surface area contributed by atoms with E-state index in [9.17, 15) is 4.79 Å². The van der Waals surface area contributed by atoms with E-state index < -0.39 is 0 Å². The molecule has 1 aromatic carbocycles. The average molecular weight is 415 g/mol. The van der Waals surface area contributed by atoms with E-state index in [4.69, 9.17) is 17.3 Å². The van der Waals surface area contributed by atoms with Gasteiger partial charge in [-0.1, -0.05) is 11.6 Å². The minimum atomic E-state index is 0. The standard InChI is InChI=1S/C13H16ClIN2O.ClH/c14-9-4-5-12(15)11(7-9)13(18)17-6-2-1-3-10(17)8-16;/h4-5,7,10H,1-3,6,8,16H2;1H. The lowest BCUT2D eigenvalue weighted by atomic mass is 10.0. The van der Waals surface area contributed by atoms with Gasteiger partial charge in [0.2, 0.25) is 0 Å². The molecule has 19 heavy (non-hydrogen) atoms. The fourth-order valence-corrected chi connectivity index (χ4v) is 3.07. The molecule has 0 spiro atoms. The molecule has 0 radical (unpaired) electrons. The van der Waals surface area contributed by atoms with Crippen molar-refractivity contribution in [2.24, 2.45) is 5.73 Å². The second-order valence-electron chi connectivity index (χ2n) is 4.51. The van der Waals surface area contributed by atoms with Crippen LogP contribution in [0.1, 0.15) is 29.6 Å². The van der Waals surface area contributed by atoms with Gasteiger partial charge in [0.05, 0.1) is 5.56 Å². The maximum Gasteiger partial charge on any atom is 0.255 e. The molecular formula is C13H17Cl2IN2O. The average Bonchev–Trinajstić information content (AvgIpc) is 2.40. The zero-order chi connectivity index (χ0) is 13.1. The largest absolute Gasteiger partial charge is 0.334 e. The van der Waals surface area contributed by atoms with Gasteiger partial charge in [0, 0.05) is 27.7 Å². The minimum Gasteiger partial charge on any atom is -0.334 e. The highest BCUT2D eigenvalue weighted by atomic mass is 127. The molecule has 0 aromatic heterocycles. The maximum absolute atomic E-state index is 12.5. The number of likely N-dealkylation sites (tertiary alicyclic amines) is 1. The maximum atomic E-state index is 12.5. The highest BCUT2D eigenvalue weighted by molar-refractivity contribution is 14.1. The number of amides is 1. The third-order valence-corrected chi connectivity index (χ3v) is 4.49. The lowest BCUT2D eigenvalue weighted by Gasteiger charge is -2.35. The van der Waals surface area contributed by atoms with Crippen molar-refractivity contribution in [2.45, 2.75) is 25.3 Å². The number of benzene rings is 1. The van der Waals surface area contributed by atoms with Gasteiger partial charge in [0.15, 0.2) is 0 Å². The van der Waals surface area contributed by atoms with Gasteiger partial charge in [0.1, 0.15) is 0 Å². The van der Waals surface area contributed by atoms with Gasteiger partial charge in [-0.2, -0.15) is 0 Å². The molecule has 2 N–H and O–H groups in total. The predicted molar refractivity (Wildman–Crippen MR) is 89.1 cm³/mol. The number of nitrogens with two attached hydrogens (primary N) is 1. The fraction of sp³-hybridized carbons (Fsp3) is 0.462. The van der Waals surface area contributed by atoms with Gasteiger partial charge in [-0.15, -0.1) is 12.4 Å². The number of halogens is 3. The zero-order valence-electron chi connectivity index (χ0n) is 10.4. The summed E-state index contributed by atoms with van der Waals surface area (Å²) in [6, 6.07) is 5.59. The molecule has 1 fully saturated rings. The van der Waals surface area contributed by atoms with Crippen LogP contribution < -0.4 is 5.73 Å². The third-order valence-electron chi connectivity index (χ3n) is 3.32. The molecule has 1 saturated heterocycles. The van der Waals surface area contributed by atoms with Gasteiger partial charge in [-0.25, -0.2) is 0 Å². The highest BCUT2D eigenvalue weighted by Crippen LogP contribution is 2.23. The van der Waals surface area contributed by atoms with Crippen molar-refractivity contribution in [3.63, 3.8) is 0 Å². The normalized spacial score (nSPS) is 18.9. The summed E-state index contributed by atoms with van der Waals surface area (Å²) < 4.78 is 0.934. The smallest absolute Gasteiger partial charge is 0.255 e. The van der Waals surface area contributed by atoms with Gasteiger partial charge < -0.3 is 10.6 Å². The minimum absolute atomic E-state index is 0. The molecule has 1 aromatic rings. The quantitative estimate of drug-likeness (QED) is 0.754. The van der Waals surface area contributed by atoms with Crippen LogP contribution in [0.15, 0.2) is 18.2 Å². The third kappa shape index (κ3) is 3.97. The van der Waals surface area contributed by atoms with Crippen LogP contribution in [-0.2, 0) is 0 Å². The van der Waals surface area contributed by atoms with Crippen LogP contribution in [0.5, 0.6) is 0 Å². The van der Waals surface area contributed by atoms with Crippen LogP contribution in [0, 0.1) is 3.57 Å². The lowest BCUT2D eigenvalue weighted by molar-refractivity contribution is 0.0622. The second kappa shape index (κ2) is 7.67. The Bertz CT molecular complexity index is 456. The van der Waals surface area contributed by atoms with Crippen molar-refractivity contribution in [1.82, 2.24) is 4.90 Å². The Morgan fingerprint density at radius 3 is 2.89 bits per heavy atom. The topological polar surface area (TPSA) is 46.3 Å². The Morgan fingerprint density at radius 2 is 2.21 bits per heavy atom. The number of carbonyl (C=O) groups excluding carboxylic acids is 1. The van der Waals surface area contributed by atoms with E-state index in [0.717, 1.165) is 29.4 Å². The molecule has 2 rings (SSSR count). The van der Waals surface area contributed by atoms with Crippen molar-refractivity contribution in [1.29, 1.82) is 0 Å². The van der Waals surface area contributed by atoms with E-state index >= 15 is 0 Å². The Kier molecular flexibility index (Phi) is 6.86. The molecule has 6 heteroatoms.